The number of pyridine rings is 3. The smallest absolute Gasteiger partial charge is 0.375 e. The van der Waals surface area contributed by atoms with Crippen molar-refractivity contribution in [1.82, 2.24) is 34.1 Å². The van der Waals surface area contributed by atoms with Crippen LogP contribution in [-0.2, 0) is 72.2 Å². The summed E-state index contributed by atoms with van der Waals surface area (Å²) in [7, 11) is 0. The maximum absolute atomic E-state index is 13.2. The van der Waals surface area contributed by atoms with Crippen LogP contribution in [0.15, 0.2) is 288 Å². The number of hydrogen-bond acceptors (Lipinski definition) is 18. The van der Waals surface area contributed by atoms with Crippen LogP contribution in [0.25, 0.3) is 0 Å². The fourth-order valence-electron chi connectivity index (χ4n) is 12.4. The van der Waals surface area contributed by atoms with Crippen LogP contribution in [-0.4, -0.2) is 88.1 Å². The predicted octanol–water partition coefficient (Wildman–Crippen LogP) is 17.4. The number of aromatic hydroxyl groups is 1. The fourth-order valence-corrected chi connectivity index (χ4v) is 13.7. The third-order valence-corrected chi connectivity index (χ3v) is 21.7. The Labute approximate surface area is 771 Å². The highest BCUT2D eigenvalue weighted by Gasteiger charge is 2.32. The van der Waals surface area contributed by atoms with Gasteiger partial charge in [0.25, 0.3) is 29.4 Å². The van der Waals surface area contributed by atoms with E-state index in [2.05, 4.69) is 10.6 Å². The van der Waals surface area contributed by atoms with Crippen LogP contribution < -0.4 is 56.7 Å². The summed E-state index contributed by atoms with van der Waals surface area (Å²) in [5.41, 5.74) is 4.78. The molecular formula is C92H76Cl9N7O19. The molecule has 4 amide bonds. The average molecular weight is 1900 g/mol. The van der Waals surface area contributed by atoms with Crippen LogP contribution in [0.1, 0.15) is 97.1 Å². The molecule has 0 atom stereocenters. The lowest BCUT2D eigenvalue weighted by Crippen LogP contribution is -2.41. The molecule has 8 aromatic carbocycles. The monoisotopic (exact) mass is 1900 g/mol. The number of aliphatic hydroxyl groups excluding tert-OH is 1. The maximum Gasteiger partial charge on any atom is 0.375 e. The zero-order valence-corrected chi connectivity index (χ0v) is 73.6. The van der Waals surface area contributed by atoms with Crippen molar-refractivity contribution in [3.63, 3.8) is 0 Å². The number of nitrogens with one attached hydrogen (secondary N) is 2. The second kappa shape index (κ2) is 47.1. The van der Waals surface area contributed by atoms with E-state index in [0.29, 0.717) is 79.4 Å². The number of fused-ring (bicyclic) bond motifs is 2. The quantitative estimate of drug-likeness (QED) is 0.0355. The molecule has 0 bridgehead atoms. The summed E-state index contributed by atoms with van der Waals surface area (Å²) in [5.74, 6) is -4.62. The highest BCUT2D eigenvalue weighted by Crippen LogP contribution is 2.31. The fraction of sp³-hybridized carbons (Fsp3) is 0.152. The van der Waals surface area contributed by atoms with E-state index in [1.807, 2.05) is 127 Å². The molecule has 0 saturated heterocycles. The average Bonchev–Trinajstić information content (AvgIpc) is 0.682. The van der Waals surface area contributed by atoms with E-state index in [1.165, 1.54) is 41.2 Å². The van der Waals surface area contributed by atoms with Gasteiger partial charge < -0.3 is 77.2 Å². The van der Waals surface area contributed by atoms with Gasteiger partial charge in [-0.3, -0.25) is 43.2 Å². The summed E-state index contributed by atoms with van der Waals surface area (Å²) in [5, 5.41) is 36.9. The number of aromatic carboxylic acids is 1. The number of hydrogen-bond donors (Lipinski definition) is 5. The summed E-state index contributed by atoms with van der Waals surface area (Å²) in [6.07, 6.45) is 6.81. The minimum atomic E-state index is -1.34. The molecular weight excluding hydrogens is 1830 g/mol. The largest absolute Gasteiger partial charge is 0.503 e. The van der Waals surface area contributed by atoms with Crippen molar-refractivity contribution in [2.75, 3.05) is 19.7 Å². The Hall–Kier alpha value is -12.6. The van der Waals surface area contributed by atoms with Gasteiger partial charge in [-0.1, -0.05) is 238 Å². The number of halogens is 9. The molecule has 127 heavy (non-hydrogen) atoms. The Balaban J connectivity index is 0.000000167. The number of carbonyl (C=O) groups excluding carboxylic acids is 4. The number of aromatic nitrogens is 3. The van der Waals surface area contributed by atoms with Gasteiger partial charge >= 0.3 is 5.97 Å². The van der Waals surface area contributed by atoms with Crippen molar-refractivity contribution in [3.8, 4) is 28.7 Å². The third kappa shape index (κ3) is 26.8. The minimum Gasteiger partial charge on any atom is -0.503 e. The van der Waals surface area contributed by atoms with Crippen LogP contribution in [0.2, 0.25) is 40.2 Å². The van der Waals surface area contributed by atoms with Gasteiger partial charge in [0, 0.05) is 108 Å². The van der Waals surface area contributed by atoms with Gasteiger partial charge in [-0.25, -0.2) is 4.79 Å². The zero-order chi connectivity index (χ0) is 89.9. The second-order valence-corrected chi connectivity index (χ2v) is 30.8. The second-order valence-electron chi connectivity index (χ2n) is 27.5. The minimum absolute atomic E-state index is 0. The summed E-state index contributed by atoms with van der Waals surface area (Å²) < 4.78 is 37.2. The molecule has 15 rings (SSSR count). The molecule has 2 aliphatic rings. The Morgan fingerprint density at radius 2 is 0.717 bits per heavy atom. The molecule has 26 nitrogen and oxygen atoms in total. The number of carbonyl (C=O) groups is 5. The highest BCUT2D eigenvalue weighted by atomic mass is 35.5. The molecule has 0 fully saturated rings. The number of amides is 4. The molecule has 0 unspecified atom stereocenters. The molecule has 0 aliphatic carbocycles. The number of ether oxygens (including phenoxy) is 4. The van der Waals surface area contributed by atoms with Crippen LogP contribution in [0.5, 0.6) is 28.7 Å². The lowest BCUT2D eigenvalue weighted by Gasteiger charge is -2.31. The Morgan fingerprint density at radius 3 is 1.14 bits per heavy atom. The Kier molecular flexibility index (Phi) is 35.9. The normalized spacial score (nSPS) is 11.6. The van der Waals surface area contributed by atoms with Gasteiger partial charge in [-0.15, -0.1) is 12.4 Å². The van der Waals surface area contributed by atoms with Gasteiger partial charge in [-0.2, -0.15) is 0 Å². The van der Waals surface area contributed by atoms with Crippen LogP contribution in [0.3, 0.4) is 0 Å². The Morgan fingerprint density at radius 1 is 0.370 bits per heavy atom. The van der Waals surface area contributed by atoms with Gasteiger partial charge in [-0.05, 0) is 93.0 Å². The van der Waals surface area contributed by atoms with E-state index >= 15 is 0 Å². The molecule has 0 radical (unpaired) electrons. The predicted molar refractivity (Wildman–Crippen MR) is 486 cm³/mol. The first-order valence-electron chi connectivity index (χ1n) is 38.3. The first-order valence-corrected chi connectivity index (χ1v) is 41.3. The third-order valence-electron chi connectivity index (χ3n) is 18.7. The number of rotatable bonds is 25. The lowest BCUT2D eigenvalue weighted by atomic mass is 10.1. The summed E-state index contributed by atoms with van der Waals surface area (Å²) >= 11 is 47.7. The SMILES string of the molecule is Cl.O=C(NCc1ccc(Cl)c(Cl)c1)c1c(OCc2ccccc2)c(=O)ccn1CCO.O=C(NCc1ccc(Cl)c(Cl)c1)c1occc(=O)c1OCc1ccccc1.O=C(O)c1occc(=O)c1OCc1ccccc1.O=C1c2c(O)c(=O)ccn2CCN1Cc1ccc(Cl)c(Cl)c1.O=C1c2c(OCc3ccccc3)c(=O)ccn2CCN1Cc1ccc(Cl)c(Cl)c1. The zero-order valence-electron chi connectivity index (χ0n) is 66.7. The van der Waals surface area contributed by atoms with E-state index in [4.69, 9.17) is 126 Å². The number of carboxylic acid groups (broad SMARTS) is 1. The van der Waals surface area contributed by atoms with E-state index in [9.17, 15) is 58.2 Å². The topological polar surface area (TPSA) is 340 Å². The van der Waals surface area contributed by atoms with E-state index in [0.717, 1.165) is 63.1 Å². The van der Waals surface area contributed by atoms with Crippen molar-refractivity contribution >= 4 is 135 Å². The van der Waals surface area contributed by atoms with Crippen LogP contribution >= 0.6 is 105 Å². The summed E-state index contributed by atoms with van der Waals surface area (Å²) in [4.78, 5) is 125. The first-order chi connectivity index (χ1) is 60.7. The van der Waals surface area contributed by atoms with Gasteiger partial charge in [0.15, 0.2) is 34.3 Å². The number of aliphatic hydroxyl groups is 1. The molecule has 13 aromatic rings. The number of nitrogens with zero attached hydrogens (tertiary/aromatic N) is 5. The van der Waals surface area contributed by atoms with Gasteiger partial charge in [0.05, 0.1) is 59.3 Å². The standard InChI is InChI=1S/C22H20Cl2N2O4.C22H18Cl2N2O3.C20H15Cl2NO4.C15H12Cl2N2O3.C13H10O5.ClH/c23-17-7-6-16(12-18(17)24)13-25-22(29)20-21(19(28)8-9-26(20)10-11-27)30-14-15-4-2-1-3-5-15;23-17-7-6-16(12-18(17)24)13-26-11-10-25-9-8-19(27)21(20(25)22(26)28)29-14-15-4-2-1-3-5-15;21-15-7-6-14(10-16(15)22)11-23-20(25)19-18(17(24)8-9-26-19)27-12-13-4-2-1-3-5-13;16-10-2-1-9(7-11(10)17)8-19-6-5-18-4-3-12(20)14(21)13(18)15(19)22;14-10-6-7-17-12(13(15)16)11(10)18-8-9-4-2-1-3-5-9;/h1-9,12,27H,10-11,13-14H2,(H,25,29);1-9,12H,10-11,13-14H2;1-10H,11-12H2,(H,23,25);1-4,7,21H,5-6,8H2;1-7H,8H2,(H,15,16);1H. The summed E-state index contributed by atoms with van der Waals surface area (Å²) in [6, 6.07) is 64.1. The first kappa shape index (κ1) is 96.6. The number of benzene rings is 8. The molecule has 7 heterocycles. The lowest BCUT2D eigenvalue weighted by molar-refractivity contribution is 0.0646. The number of carboxylic acids is 1. The van der Waals surface area contributed by atoms with Crippen molar-refractivity contribution in [3.05, 3.63) is 420 Å². The van der Waals surface area contributed by atoms with Crippen molar-refractivity contribution in [1.29, 1.82) is 0 Å². The molecule has 5 aromatic heterocycles. The van der Waals surface area contributed by atoms with Crippen molar-refractivity contribution < 1.29 is 67.1 Å². The molecule has 0 spiro atoms. The van der Waals surface area contributed by atoms with Crippen molar-refractivity contribution in [2.45, 2.75) is 72.2 Å². The van der Waals surface area contributed by atoms with E-state index in [-0.39, 0.29) is 128 Å². The van der Waals surface area contributed by atoms with E-state index in [1.54, 1.807) is 91.9 Å². The highest BCUT2D eigenvalue weighted by molar-refractivity contribution is 6.43. The molecule has 0 saturated carbocycles. The molecule has 35 heteroatoms. The van der Waals surface area contributed by atoms with Gasteiger partial charge in [0.1, 0.15) is 26.4 Å². The Bertz CT molecular complexity index is 6390. The maximum atomic E-state index is 13.2. The van der Waals surface area contributed by atoms with Crippen LogP contribution in [0, 0.1) is 0 Å². The molecule has 5 N–H and O–H groups in total. The van der Waals surface area contributed by atoms with Crippen molar-refractivity contribution in [2.24, 2.45) is 0 Å². The van der Waals surface area contributed by atoms with Gasteiger partial charge in [0.2, 0.25) is 44.4 Å². The van der Waals surface area contributed by atoms with Crippen LogP contribution in [0.4, 0.5) is 0 Å². The summed E-state index contributed by atoms with van der Waals surface area (Å²) in [6.45, 7) is 3.68. The molecule has 2 aliphatic heterocycles. The van der Waals surface area contributed by atoms with E-state index < -0.39 is 51.0 Å². The molecule has 656 valence electrons.